The summed E-state index contributed by atoms with van der Waals surface area (Å²) in [5.74, 6) is 4.63. The van der Waals surface area contributed by atoms with Gasteiger partial charge in [-0.25, -0.2) is 0 Å². The summed E-state index contributed by atoms with van der Waals surface area (Å²) in [5.41, 5.74) is 1.14. The highest BCUT2D eigenvalue weighted by Gasteiger charge is 2.64. The maximum atomic E-state index is 2.74. The SMILES string of the molecule is CCCCCCC(C)C(C(CCCC)C(CC)(CC)CC)C1(C)C(C)C1CCCCC. The maximum Gasteiger partial charge on any atom is -0.0233 e. The van der Waals surface area contributed by atoms with E-state index in [0.29, 0.717) is 10.8 Å². The van der Waals surface area contributed by atoms with Crippen LogP contribution in [0.4, 0.5) is 0 Å². The third-order valence-corrected chi connectivity index (χ3v) is 10.4. The fourth-order valence-corrected chi connectivity index (χ4v) is 7.93. The van der Waals surface area contributed by atoms with Crippen LogP contribution >= 0.6 is 0 Å². The van der Waals surface area contributed by atoms with Crippen molar-refractivity contribution in [2.24, 2.45) is 40.4 Å². The minimum atomic E-state index is 0.552. The van der Waals surface area contributed by atoms with Crippen molar-refractivity contribution >= 4 is 0 Å². The first-order valence-corrected chi connectivity index (χ1v) is 14.8. The summed E-state index contributed by atoms with van der Waals surface area (Å²) in [7, 11) is 0. The lowest BCUT2D eigenvalue weighted by molar-refractivity contribution is -0.000917. The molecule has 0 N–H and O–H groups in total. The van der Waals surface area contributed by atoms with Crippen LogP contribution in [0.5, 0.6) is 0 Å². The Morgan fingerprint density at radius 2 is 1.26 bits per heavy atom. The molecule has 0 radical (unpaired) electrons. The molecule has 1 rings (SSSR count). The lowest BCUT2D eigenvalue weighted by atomic mass is 9.56. The van der Waals surface area contributed by atoms with Crippen LogP contribution in [0.15, 0.2) is 0 Å². The number of hydrogen-bond acceptors (Lipinski definition) is 0. The highest BCUT2D eigenvalue weighted by molar-refractivity contribution is 5.12. The molecule has 1 aliphatic carbocycles. The molecular weight excluding hydrogens is 372 g/mol. The van der Waals surface area contributed by atoms with Crippen LogP contribution in [-0.4, -0.2) is 0 Å². The zero-order valence-electron chi connectivity index (χ0n) is 23.5. The Kier molecular flexibility index (Phi) is 13.4. The Bertz CT molecular complexity index is 439. The van der Waals surface area contributed by atoms with Gasteiger partial charge in [0.05, 0.1) is 0 Å². The highest BCUT2D eigenvalue weighted by Crippen LogP contribution is 2.70. The van der Waals surface area contributed by atoms with E-state index in [4.69, 9.17) is 0 Å². The van der Waals surface area contributed by atoms with E-state index in [0.717, 1.165) is 29.6 Å². The van der Waals surface area contributed by atoms with E-state index in [1.807, 2.05) is 0 Å². The second-order valence-corrected chi connectivity index (χ2v) is 11.8. The van der Waals surface area contributed by atoms with E-state index in [2.05, 4.69) is 62.3 Å². The molecule has 0 aliphatic heterocycles. The lowest BCUT2D eigenvalue weighted by Crippen LogP contribution is -2.42. The molecule has 6 unspecified atom stereocenters. The fourth-order valence-electron chi connectivity index (χ4n) is 7.93. The van der Waals surface area contributed by atoms with Crippen molar-refractivity contribution in [3.63, 3.8) is 0 Å². The third-order valence-electron chi connectivity index (χ3n) is 10.4. The maximum absolute atomic E-state index is 2.74. The van der Waals surface area contributed by atoms with Crippen molar-refractivity contribution in [2.75, 3.05) is 0 Å². The van der Waals surface area contributed by atoms with Gasteiger partial charge < -0.3 is 0 Å². The average Bonchev–Trinajstić information content (AvgIpc) is 3.30. The highest BCUT2D eigenvalue weighted by atomic mass is 14.7. The van der Waals surface area contributed by atoms with Crippen LogP contribution in [0.1, 0.15) is 159 Å². The van der Waals surface area contributed by atoms with Crippen molar-refractivity contribution in [1.82, 2.24) is 0 Å². The van der Waals surface area contributed by atoms with Gasteiger partial charge in [-0.1, -0.05) is 146 Å². The predicted molar refractivity (Wildman–Crippen MR) is 143 cm³/mol. The first-order chi connectivity index (χ1) is 14.8. The summed E-state index contributed by atoms with van der Waals surface area (Å²) in [5, 5.41) is 0. The van der Waals surface area contributed by atoms with Crippen LogP contribution in [0.3, 0.4) is 0 Å². The van der Waals surface area contributed by atoms with Gasteiger partial charge in [-0.3, -0.25) is 0 Å². The summed E-state index contributed by atoms with van der Waals surface area (Å²) in [6.45, 7) is 22.7. The Labute approximate surface area is 199 Å². The molecule has 0 heteroatoms. The van der Waals surface area contributed by atoms with Gasteiger partial charge >= 0.3 is 0 Å². The smallest absolute Gasteiger partial charge is 0.0233 e. The molecule has 0 aromatic carbocycles. The second kappa shape index (κ2) is 14.3. The van der Waals surface area contributed by atoms with Gasteiger partial charge in [-0.2, -0.15) is 0 Å². The Morgan fingerprint density at radius 3 is 1.77 bits per heavy atom. The molecule has 0 aromatic heterocycles. The van der Waals surface area contributed by atoms with Crippen molar-refractivity contribution in [2.45, 2.75) is 159 Å². The van der Waals surface area contributed by atoms with E-state index in [-0.39, 0.29) is 0 Å². The van der Waals surface area contributed by atoms with Gasteiger partial charge in [0.1, 0.15) is 0 Å². The monoisotopic (exact) mass is 434 g/mol. The van der Waals surface area contributed by atoms with E-state index in [1.54, 1.807) is 0 Å². The van der Waals surface area contributed by atoms with Crippen LogP contribution < -0.4 is 0 Å². The summed E-state index contributed by atoms with van der Waals surface area (Å²) >= 11 is 0. The molecule has 1 aliphatic rings. The summed E-state index contributed by atoms with van der Waals surface area (Å²) in [4.78, 5) is 0. The number of rotatable bonds is 19. The normalized spacial score (nSPS) is 26.6. The zero-order valence-corrected chi connectivity index (χ0v) is 23.5. The molecule has 0 amide bonds. The summed E-state index contributed by atoms with van der Waals surface area (Å²) in [6, 6.07) is 0. The van der Waals surface area contributed by atoms with Crippen molar-refractivity contribution < 1.29 is 0 Å². The molecule has 1 saturated carbocycles. The molecule has 0 saturated heterocycles. The molecule has 31 heavy (non-hydrogen) atoms. The molecule has 0 nitrogen and oxygen atoms in total. The van der Waals surface area contributed by atoms with Crippen LogP contribution in [0.25, 0.3) is 0 Å². The Hall–Kier alpha value is 0. The first-order valence-electron chi connectivity index (χ1n) is 14.8. The van der Waals surface area contributed by atoms with Gasteiger partial charge in [-0.05, 0) is 53.3 Å². The Balaban J connectivity index is 3.24. The molecular formula is C31H62. The van der Waals surface area contributed by atoms with E-state index in [1.165, 1.54) is 96.3 Å². The third kappa shape index (κ3) is 6.99. The minimum absolute atomic E-state index is 0.552. The standard InChI is InChI=1S/C31H62/c1-10-16-19-21-22-25(7)29(30(9)26(8)27(30)24-20-17-11-2)28(23-18-12-3)31(13-4,14-5)15-6/h25-29H,10-24H2,1-9H3. The number of hydrogen-bond donors (Lipinski definition) is 0. The first kappa shape index (κ1) is 29.0. The van der Waals surface area contributed by atoms with E-state index < -0.39 is 0 Å². The van der Waals surface area contributed by atoms with Gasteiger partial charge in [0, 0.05) is 0 Å². The van der Waals surface area contributed by atoms with Crippen LogP contribution in [0, 0.1) is 40.4 Å². The topological polar surface area (TPSA) is 0 Å². The minimum Gasteiger partial charge on any atom is -0.0654 e. The quantitative estimate of drug-likeness (QED) is 0.177. The van der Waals surface area contributed by atoms with E-state index in [9.17, 15) is 0 Å². The van der Waals surface area contributed by atoms with Crippen molar-refractivity contribution in [3.05, 3.63) is 0 Å². The molecule has 186 valence electrons. The van der Waals surface area contributed by atoms with Gasteiger partial charge in [-0.15, -0.1) is 0 Å². The lowest BCUT2D eigenvalue weighted by Gasteiger charge is -2.49. The largest absolute Gasteiger partial charge is 0.0654 e. The molecule has 6 atom stereocenters. The fraction of sp³-hybridized carbons (Fsp3) is 1.00. The summed E-state index contributed by atoms with van der Waals surface area (Å²) < 4.78 is 0. The predicted octanol–water partition coefficient (Wildman–Crippen LogP) is 11.1. The molecule has 1 fully saturated rings. The zero-order chi connectivity index (χ0) is 23.5. The van der Waals surface area contributed by atoms with Gasteiger partial charge in [0.25, 0.3) is 0 Å². The molecule has 0 heterocycles. The summed E-state index contributed by atoms with van der Waals surface area (Å²) in [6.07, 6.45) is 21.2. The molecule has 0 aromatic rings. The van der Waals surface area contributed by atoms with Crippen molar-refractivity contribution in [3.8, 4) is 0 Å². The second-order valence-electron chi connectivity index (χ2n) is 11.8. The van der Waals surface area contributed by atoms with E-state index >= 15 is 0 Å². The molecule has 0 bridgehead atoms. The van der Waals surface area contributed by atoms with Crippen molar-refractivity contribution in [1.29, 1.82) is 0 Å². The van der Waals surface area contributed by atoms with Crippen LogP contribution in [-0.2, 0) is 0 Å². The van der Waals surface area contributed by atoms with Gasteiger partial charge in [0.2, 0.25) is 0 Å². The van der Waals surface area contributed by atoms with Crippen LogP contribution in [0.2, 0.25) is 0 Å². The number of unbranched alkanes of at least 4 members (excludes halogenated alkanes) is 6. The average molecular weight is 435 g/mol. The van der Waals surface area contributed by atoms with Gasteiger partial charge in [0.15, 0.2) is 0 Å². The Morgan fingerprint density at radius 1 is 0.710 bits per heavy atom. The molecule has 0 spiro atoms.